The van der Waals surface area contributed by atoms with Crippen LogP contribution in [0.1, 0.15) is 12.8 Å². The molecular weight excluding hydrogens is 345 g/mol. The number of carbonyl (C=O) groups excluding carboxylic acids is 1. The minimum Gasteiger partial charge on any atom is -0.369 e. The Bertz CT molecular complexity index is 495. The summed E-state index contributed by atoms with van der Waals surface area (Å²) >= 11 is 6.03. The first-order valence-electron chi connectivity index (χ1n) is 7.24. The van der Waals surface area contributed by atoms with E-state index < -0.39 is 0 Å². The molecule has 1 aromatic carbocycles. The Morgan fingerprint density at radius 2 is 2.14 bits per heavy atom. The molecule has 0 radical (unpaired) electrons. The maximum atomic E-state index is 12.1. The number of hydrogen-bond acceptors (Lipinski definition) is 3. The second-order valence-corrected chi connectivity index (χ2v) is 6.05. The number of nitrogens with zero attached hydrogens (tertiary/aromatic N) is 1. The molecule has 7 heteroatoms. The van der Waals surface area contributed by atoms with Crippen molar-refractivity contribution in [3.8, 4) is 0 Å². The van der Waals surface area contributed by atoms with E-state index in [9.17, 15) is 4.79 Å². The highest BCUT2D eigenvalue weighted by molar-refractivity contribution is 6.30. The molecule has 4 nitrogen and oxygen atoms in total. The largest absolute Gasteiger partial charge is 0.369 e. The van der Waals surface area contributed by atoms with Crippen molar-refractivity contribution in [2.75, 3.05) is 31.1 Å². The molecule has 124 valence electrons. The number of nitrogens with one attached hydrogen (secondary N) is 2. The lowest BCUT2D eigenvalue weighted by Gasteiger charge is -2.20. The molecule has 22 heavy (non-hydrogen) atoms. The highest BCUT2D eigenvalue weighted by Crippen LogP contribution is 2.23. The van der Waals surface area contributed by atoms with Gasteiger partial charge in [-0.05, 0) is 37.6 Å². The van der Waals surface area contributed by atoms with Crippen LogP contribution in [0.25, 0.3) is 0 Å². The summed E-state index contributed by atoms with van der Waals surface area (Å²) < 4.78 is 0. The van der Waals surface area contributed by atoms with Crippen LogP contribution in [0.3, 0.4) is 0 Å². The van der Waals surface area contributed by atoms with Gasteiger partial charge in [0.1, 0.15) is 0 Å². The van der Waals surface area contributed by atoms with E-state index in [1.807, 2.05) is 18.2 Å². The molecule has 2 fully saturated rings. The van der Waals surface area contributed by atoms with Crippen LogP contribution in [0.15, 0.2) is 24.3 Å². The molecule has 2 unspecified atom stereocenters. The molecule has 0 aliphatic carbocycles. The smallest absolute Gasteiger partial charge is 0.224 e. The summed E-state index contributed by atoms with van der Waals surface area (Å²) in [6.07, 6.45) is 1.95. The number of amides is 1. The lowest BCUT2D eigenvalue weighted by molar-refractivity contribution is -0.125. The predicted molar refractivity (Wildman–Crippen MR) is 95.7 cm³/mol. The third-order valence-electron chi connectivity index (χ3n) is 4.14. The highest BCUT2D eigenvalue weighted by atomic mass is 35.5. The molecule has 2 aliphatic rings. The standard InChI is InChI=1S/C15H20ClN3O.2ClH/c16-12-2-1-3-14(8-12)19-7-5-13(10-19)18-15(20)11-4-6-17-9-11;;/h1-3,8,11,13,17H,4-7,9-10H2,(H,18,20);2*1H. The zero-order valence-corrected chi connectivity index (χ0v) is 14.6. The van der Waals surface area contributed by atoms with Crippen molar-refractivity contribution in [1.29, 1.82) is 0 Å². The van der Waals surface area contributed by atoms with Gasteiger partial charge in [-0.3, -0.25) is 4.79 Å². The lowest BCUT2D eigenvalue weighted by atomic mass is 10.1. The van der Waals surface area contributed by atoms with Crippen LogP contribution in [-0.2, 0) is 4.79 Å². The fourth-order valence-corrected chi connectivity index (χ4v) is 3.17. The summed E-state index contributed by atoms with van der Waals surface area (Å²) in [6.45, 7) is 3.61. The summed E-state index contributed by atoms with van der Waals surface area (Å²) in [6, 6.07) is 8.15. The minimum absolute atomic E-state index is 0. The van der Waals surface area contributed by atoms with Crippen LogP contribution in [0.5, 0.6) is 0 Å². The molecule has 0 spiro atoms. The first-order valence-corrected chi connectivity index (χ1v) is 7.62. The molecule has 2 heterocycles. The second kappa shape index (κ2) is 8.82. The molecule has 2 N–H and O–H groups in total. The van der Waals surface area contributed by atoms with Gasteiger partial charge >= 0.3 is 0 Å². The van der Waals surface area contributed by atoms with E-state index in [2.05, 4.69) is 21.6 Å². The second-order valence-electron chi connectivity index (χ2n) is 5.61. The molecule has 3 rings (SSSR count). The van der Waals surface area contributed by atoms with Gasteiger partial charge in [0.2, 0.25) is 5.91 Å². The van der Waals surface area contributed by atoms with Crippen LogP contribution in [0.4, 0.5) is 5.69 Å². The Hall–Kier alpha value is -0.680. The van der Waals surface area contributed by atoms with E-state index in [0.29, 0.717) is 0 Å². The molecule has 1 amide bonds. The maximum absolute atomic E-state index is 12.1. The van der Waals surface area contributed by atoms with Gasteiger partial charge < -0.3 is 15.5 Å². The Morgan fingerprint density at radius 1 is 1.32 bits per heavy atom. The van der Waals surface area contributed by atoms with Crippen LogP contribution in [0.2, 0.25) is 5.02 Å². The zero-order valence-electron chi connectivity index (χ0n) is 12.3. The normalized spacial score (nSPS) is 23.6. The Labute approximate surface area is 148 Å². The summed E-state index contributed by atoms with van der Waals surface area (Å²) in [5, 5.41) is 7.17. The lowest BCUT2D eigenvalue weighted by Crippen LogP contribution is -2.41. The first-order chi connectivity index (χ1) is 9.72. The Balaban J connectivity index is 0.00000121. The van der Waals surface area contributed by atoms with Crippen molar-refractivity contribution in [1.82, 2.24) is 10.6 Å². The average Bonchev–Trinajstić information content (AvgIpc) is 3.10. The molecular formula is C15H22Cl3N3O. The van der Waals surface area contributed by atoms with Crippen molar-refractivity contribution in [2.45, 2.75) is 18.9 Å². The molecule has 2 atom stereocenters. The molecule has 0 bridgehead atoms. The number of benzene rings is 1. The van der Waals surface area contributed by atoms with Gasteiger partial charge in [-0.2, -0.15) is 0 Å². The van der Waals surface area contributed by atoms with Crippen molar-refractivity contribution in [3.05, 3.63) is 29.3 Å². The van der Waals surface area contributed by atoms with Gasteiger partial charge in [-0.25, -0.2) is 0 Å². The van der Waals surface area contributed by atoms with E-state index in [1.165, 1.54) is 0 Å². The van der Waals surface area contributed by atoms with E-state index in [-0.39, 0.29) is 42.7 Å². The summed E-state index contributed by atoms with van der Waals surface area (Å²) in [5.41, 5.74) is 1.14. The van der Waals surface area contributed by atoms with Gasteiger partial charge in [0, 0.05) is 36.4 Å². The molecule has 2 saturated heterocycles. The van der Waals surface area contributed by atoms with Gasteiger partial charge in [0.15, 0.2) is 0 Å². The topological polar surface area (TPSA) is 44.4 Å². The first kappa shape index (κ1) is 19.4. The molecule has 2 aliphatic heterocycles. The third-order valence-corrected chi connectivity index (χ3v) is 4.37. The highest BCUT2D eigenvalue weighted by Gasteiger charge is 2.28. The Kier molecular flexibility index (Phi) is 7.77. The third kappa shape index (κ3) is 4.66. The summed E-state index contributed by atoms with van der Waals surface area (Å²) in [5.74, 6) is 0.350. The average molecular weight is 367 g/mol. The number of carbonyl (C=O) groups is 1. The molecule has 0 aromatic heterocycles. The van der Waals surface area contributed by atoms with Crippen LogP contribution < -0.4 is 15.5 Å². The number of hydrogen-bond donors (Lipinski definition) is 2. The minimum atomic E-state index is 0. The number of anilines is 1. The molecule has 0 saturated carbocycles. The molecule has 1 aromatic rings. The summed E-state index contributed by atoms with van der Waals surface area (Å²) in [4.78, 5) is 14.4. The van der Waals surface area contributed by atoms with E-state index in [0.717, 1.165) is 49.7 Å². The van der Waals surface area contributed by atoms with Crippen molar-refractivity contribution in [2.24, 2.45) is 5.92 Å². The van der Waals surface area contributed by atoms with Crippen LogP contribution in [0, 0.1) is 5.92 Å². The quantitative estimate of drug-likeness (QED) is 0.864. The van der Waals surface area contributed by atoms with Gasteiger partial charge in [-0.15, -0.1) is 24.8 Å². The van der Waals surface area contributed by atoms with Crippen molar-refractivity contribution in [3.63, 3.8) is 0 Å². The van der Waals surface area contributed by atoms with Gasteiger partial charge in [-0.1, -0.05) is 17.7 Å². The van der Waals surface area contributed by atoms with Crippen LogP contribution in [-0.4, -0.2) is 38.1 Å². The van der Waals surface area contributed by atoms with Crippen molar-refractivity contribution < 1.29 is 4.79 Å². The zero-order chi connectivity index (χ0) is 13.9. The predicted octanol–water partition coefficient (Wildman–Crippen LogP) is 2.49. The summed E-state index contributed by atoms with van der Waals surface area (Å²) in [7, 11) is 0. The maximum Gasteiger partial charge on any atom is 0.224 e. The fourth-order valence-electron chi connectivity index (χ4n) is 2.98. The fraction of sp³-hybridized carbons (Fsp3) is 0.533. The number of halogens is 3. The van der Waals surface area contributed by atoms with Gasteiger partial charge in [0.25, 0.3) is 0 Å². The monoisotopic (exact) mass is 365 g/mol. The van der Waals surface area contributed by atoms with E-state index in [4.69, 9.17) is 11.6 Å². The van der Waals surface area contributed by atoms with Gasteiger partial charge in [0.05, 0.1) is 5.92 Å². The van der Waals surface area contributed by atoms with Crippen molar-refractivity contribution >= 4 is 48.0 Å². The van der Waals surface area contributed by atoms with E-state index >= 15 is 0 Å². The Morgan fingerprint density at radius 3 is 2.82 bits per heavy atom. The number of rotatable bonds is 3. The van der Waals surface area contributed by atoms with E-state index in [1.54, 1.807) is 0 Å². The SMILES string of the molecule is Cl.Cl.O=C(NC1CCN(c2cccc(Cl)c2)C1)C1CCNC1. The van der Waals surface area contributed by atoms with Crippen LogP contribution >= 0.6 is 36.4 Å².